The Hall–Kier alpha value is -3.61. The summed E-state index contributed by atoms with van der Waals surface area (Å²) in [5.41, 5.74) is 0.461. The average Bonchev–Trinajstić information content (AvgIpc) is 2.67. The van der Waals surface area contributed by atoms with Gasteiger partial charge in [-0.2, -0.15) is 4.57 Å². The van der Waals surface area contributed by atoms with E-state index in [1.54, 1.807) is 24.3 Å². The second-order valence-electron chi connectivity index (χ2n) is 6.04. The topological polar surface area (TPSA) is 90.5 Å². The van der Waals surface area contributed by atoms with E-state index in [1.807, 2.05) is 30.3 Å². The van der Waals surface area contributed by atoms with Crippen LogP contribution < -0.4 is 16.0 Å². The summed E-state index contributed by atoms with van der Waals surface area (Å²) in [6, 6.07) is 16.7. The molecule has 1 aromatic heterocycles. The summed E-state index contributed by atoms with van der Waals surface area (Å²) in [6.45, 7) is 1.92. The van der Waals surface area contributed by atoms with Gasteiger partial charge in [0.2, 0.25) is 0 Å². The van der Waals surface area contributed by atoms with Crippen LogP contribution in [0, 0.1) is 6.92 Å². The molecule has 27 heavy (non-hydrogen) atoms. The second-order valence-corrected chi connectivity index (χ2v) is 6.04. The zero-order valence-corrected chi connectivity index (χ0v) is 14.9. The molecule has 0 radical (unpaired) electrons. The van der Waals surface area contributed by atoms with E-state index in [2.05, 4.69) is 0 Å². The van der Waals surface area contributed by atoms with Gasteiger partial charge in [-0.3, -0.25) is 9.36 Å². The maximum Gasteiger partial charge on any atom is 0.422 e. The monoisotopic (exact) mass is 366 g/mol. The lowest BCUT2D eigenvalue weighted by molar-refractivity contribution is 0.193. The lowest BCUT2D eigenvalue weighted by atomic mass is 10.1. The predicted molar refractivity (Wildman–Crippen MR) is 100 cm³/mol. The van der Waals surface area contributed by atoms with Gasteiger partial charge in [-0.25, -0.2) is 9.59 Å². The number of carbonyl (C=O) groups is 1. The van der Waals surface area contributed by atoms with Crippen molar-refractivity contribution < 1.29 is 14.6 Å². The standard InChI is InChI=1S/C20H18N2O5/c1-13-17(21(2)19(24)22(18(13)23)20(25)26)15-8-10-16(11-9-15)27-12-14-6-4-3-5-7-14/h3-11H,12H2,1-2H3,(H,25,26). The number of carboxylic acid groups (broad SMARTS) is 1. The van der Waals surface area contributed by atoms with Crippen LogP contribution in [0.2, 0.25) is 0 Å². The average molecular weight is 366 g/mol. The van der Waals surface area contributed by atoms with E-state index < -0.39 is 17.3 Å². The molecule has 0 saturated heterocycles. The Morgan fingerprint density at radius 1 is 1.04 bits per heavy atom. The summed E-state index contributed by atoms with van der Waals surface area (Å²) >= 11 is 0. The first-order valence-corrected chi connectivity index (χ1v) is 8.23. The molecule has 0 aliphatic heterocycles. The van der Waals surface area contributed by atoms with Crippen molar-refractivity contribution in [3.8, 4) is 17.0 Å². The molecular weight excluding hydrogens is 348 g/mol. The molecular formula is C20H18N2O5. The van der Waals surface area contributed by atoms with Crippen molar-refractivity contribution in [2.75, 3.05) is 0 Å². The van der Waals surface area contributed by atoms with Crippen molar-refractivity contribution in [3.05, 3.63) is 86.6 Å². The predicted octanol–water partition coefficient (Wildman–Crippen LogP) is 2.63. The fraction of sp³-hybridized carbons (Fsp3) is 0.150. The van der Waals surface area contributed by atoms with Gasteiger partial charge in [-0.1, -0.05) is 30.3 Å². The van der Waals surface area contributed by atoms with Gasteiger partial charge >= 0.3 is 11.8 Å². The first kappa shape index (κ1) is 18.2. The highest BCUT2D eigenvalue weighted by atomic mass is 16.5. The van der Waals surface area contributed by atoms with E-state index in [1.165, 1.54) is 14.0 Å². The lowest BCUT2D eigenvalue weighted by Crippen LogP contribution is -2.44. The van der Waals surface area contributed by atoms with Gasteiger partial charge in [-0.15, -0.1) is 0 Å². The zero-order chi connectivity index (χ0) is 19.6. The molecule has 0 spiro atoms. The van der Waals surface area contributed by atoms with Crippen molar-refractivity contribution in [2.45, 2.75) is 13.5 Å². The molecule has 0 saturated carbocycles. The molecule has 0 amide bonds. The quantitative estimate of drug-likeness (QED) is 0.766. The van der Waals surface area contributed by atoms with E-state index in [-0.39, 0.29) is 10.1 Å². The number of hydrogen-bond acceptors (Lipinski definition) is 4. The summed E-state index contributed by atoms with van der Waals surface area (Å²) < 4.78 is 7.09. The normalized spacial score (nSPS) is 10.6. The summed E-state index contributed by atoms with van der Waals surface area (Å²) in [5.74, 6) is 0.643. The third-order valence-corrected chi connectivity index (χ3v) is 4.26. The number of aromatic nitrogens is 2. The molecule has 1 N–H and O–H groups in total. The van der Waals surface area contributed by atoms with Crippen molar-refractivity contribution in [2.24, 2.45) is 7.05 Å². The minimum atomic E-state index is -1.60. The lowest BCUT2D eigenvalue weighted by Gasteiger charge is -2.14. The fourth-order valence-corrected chi connectivity index (χ4v) is 2.88. The van der Waals surface area contributed by atoms with Crippen LogP contribution in [-0.4, -0.2) is 20.3 Å². The van der Waals surface area contributed by atoms with Gasteiger partial charge in [0.05, 0.1) is 5.69 Å². The van der Waals surface area contributed by atoms with Crippen LogP contribution in [0.4, 0.5) is 4.79 Å². The molecule has 1 heterocycles. The molecule has 0 aliphatic carbocycles. The summed E-state index contributed by atoms with van der Waals surface area (Å²) in [6.07, 6.45) is -1.60. The van der Waals surface area contributed by atoms with Crippen LogP contribution in [0.5, 0.6) is 5.75 Å². The minimum Gasteiger partial charge on any atom is -0.489 e. The van der Waals surface area contributed by atoms with Gasteiger partial charge < -0.3 is 9.84 Å². The Balaban J connectivity index is 1.93. The second kappa shape index (κ2) is 7.33. The molecule has 7 heteroatoms. The van der Waals surface area contributed by atoms with Crippen molar-refractivity contribution >= 4 is 6.09 Å². The molecule has 0 aliphatic rings. The number of ether oxygens (including phenoxy) is 1. The number of benzene rings is 2. The van der Waals surface area contributed by atoms with E-state index >= 15 is 0 Å². The van der Waals surface area contributed by atoms with Gasteiger partial charge in [0.25, 0.3) is 5.56 Å². The molecule has 0 fully saturated rings. The number of nitrogens with zero attached hydrogens (tertiary/aromatic N) is 2. The zero-order valence-electron chi connectivity index (χ0n) is 14.9. The van der Waals surface area contributed by atoms with E-state index in [0.29, 0.717) is 23.6 Å². The van der Waals surface area contributed by atoms with E-state index in [9.17, 15) is 14.4 Å². The first-order valence-electron chi connectivity index (χ1n) is 8.23. The smallest absolute Gasteiger partial charge is 0.422 e. The highest BCUT2D eigenvalue weighted by molar-refractivity contribution is 5.70. The SMILES string of the molecule is Cc1c(-c2ccc(OCc3ccccc3)cc2)n(C)c(=O)n(C(=O)O)c1=O. The largest absolute Gasteiger partial charge is 0.489 e. The van der Waals surface area contributed by atoms with Crippen LogP contribution >= 0.6 is 0 Å². The van der Waals surface area contributed by atoms with Gasteiger partial charge in [0.1, 0.15) is 12.4 Å². The maximum atomic E-state index is 12.2. The summed E-state index contributed by atoms with van der Waals surface area (Å²) in [4.78, 5) is 35.6. The van der Waals surface area contributed by atoms with Crippen LogP contribution in [0.3, 0.4) is 0 Å². The fourth-order valence-electron chi connectivity index (χ4n) is 2.88. The third-order valence-electron chi connectivity index (χ3n) is 4.26. The van der Waals surface area contributed by atoms with Crippen LogP contribution in [-0.2, 0) is 13.7 Å². The Labute approximate surface area is 154 Å². The molecule has 0 atom stereocenters. The highest BCUT2D eigenvalue weighted by Crippen LogP contribution is 2.23. The molecule has 3 rings (SSSR count). The Kier molecular flexibility index (Phi) is 4.94. The minimum absolute atomic E-state index is 0.178. The first-order chi connectivity index (χ1) is 12.9. The molecule has 0 bridgehead atoms. The Morgan fingerprint density at radius 3 is 2.26 bits per heavy atom. The van der Waals surface area contributed by atoms with E-state index in [0.717, 1.165) is 10.1 Å². The van der Waals surface area contributed by atoms with Crippen molar-refractivity contribution in [1.29, 1.82) is 0 Å². The molecule has 2 aromatic carbocycles. The molecule has 138 valence electrons. The van der Waals surface area contributed by atoms with Crippen molar-refractivity contribution in [3.63, 3.8) is 0 Å². The van der Waals surface area contributed by atoms with E-state index in [4.69, 9.17) is 9.84 Å². The maximum absolute atomic E-state index is 12.2. The number of rotatable bonds is 4. The summed E-state index contributed by atoms with van der Waals surface area (Å²) in [5, 5.41) is 9.08. The van der Waals surface area contributed by atoms with Crippen LogP contribution in [0.25, 0.3) is 11.3 Å². The van der Waals surface area contributed by atoms with Crippen molar-refractivity contribution in [1.82, 2.24) is 9.13 Å². The summed E-state index contributed by atoms with van der Waals surface area (Å²) in [7, 11) is 1.43. The molecule has 7 nitrogen and oxygen atoms in total. The highest BCUT2D eigenvalue weighted by Gasteiger charge is 2.19. The third kappa shape index (κ3) is 3.52. The Morgan fingerprint density at radius 2 is 1.67 bits per heavy atom. The Bertz CT molecular complexity index is 1060. The number of hydrogen-bond donors (Lipinski definition) is 1. The van der Waals surface area contributed by atoms with Gasteiger partial charge in [0, 0.05) is 12.6 Å². The van der Waals surface area contributed by atoms with Gasteiger partial charge in [0.15, 0.2) is 0 Å². The molecule has 0 unspecified atom stereocenters. The van der Waals surface area contributed by atoms with Crippen LogP contribution in [0.1, 0.15) is 11.1 Å². The molecule has 3 aromatic rings. The van der Waals surface area contributed by atoms with Gasteiger partial charge in [-0.05, 0) is 42.3 Å². The van der Waals surface area contributed by atoms with Crippen LogP contribution in [0.15, 0.2) is 64.2 Å².